The van der Waals surface area contributed by atoms with Crippen molar-refractivity contribution in [1.29, 1.82) is 0 Å². The highest BCUT2D eigenvalue weighted by Gasteiger charge is 2.14. The average Bonchev–Trinajstić information content (AvgIpc) is 2.49. The third kappa shape index (κ3) is 7.26. The Bertz CT molecular complexity index is 704. The van der Waals surface area contributed by atoms with E-state index in [0.717, 1.165) is 0 Å². The summed E-state index contributed by atoms with van der Waals surface area (Å²) >= 11 is 12.0. The number of carbonyl (C=O) groups excluding carboxylic acids is 1. The molecule has 0 bridgehead atoms. The predicted molar refractivity (Wildman–Crippen MR) is 106 cm³/mol. The molecular weight excluding hydrogens is 408 g/mol. The minimum atomic E-state index is -0.477. The molecule has 25 heavy (non-hydrogen) atoms. The number of benzene rings is 1. The van der Waals surface area contributed by atoms with Crippen molar-refractivity contribution in [2.45, 2.75) is 19.4 Å². The molecule has 0 saturated carbocycles. The number of hydrogen-bond donors (Lipinski definition) is 2. The van der Waals surface area contributed by atoms with Crippen LogP contribution in [0.3, 0.4) is 0 Å². The second-order valence-electron chi connectivity index (χ2n) is 5.71. The zero-order chi connectivity index (χ0) is 17.0. The number of nitrogens with zero attached hydrogens (tertiary/aromatic N) is 1. The van der Waals surface area contributed by atoms with Crippen LogP contribution >= 0.6 is 48.0 Å². The summed E-state index contributed by atoms with van der Waals surface area (Å²) in [4.78, 5) is 16.1. The summed E-state index contributed by atoms with van der Waals surface area (Å²) < 4.78 is 5.56. The second kappa shape index (κ2) is 10.0. The van der Waals surface area contributed by atoms with E-state index in [4.69, 9.17) is 33.7 Å². The number of nitrogens with one attached hydrogen (secondary N) is 1. The van der Waals surface area contributed by atoms with Gasteiger partial charge in [0.25, 0.3) is 5.91 Å². The first-order valence-corrected chi connectivity index (χ1v) is 7.67. The quantitative estimate of drug-likeness (QED) is 0.738. The molecule has 2 rings (SSSR count). The highest BCUT2D eigenvalue weighted by Crippen LogP contribution is 2.33. The maximum absolute atomic E-state index is 12.0. The van der Waals surface area contributed by atoms with E-state index in [1.807, 2.05) is 13.8 Å². The lowest BCUT2D eigenvalue weighted by molar-refractivity contribution is 0.0945. The predicted octanol–water partition coefficient (Wildman–Crippen LogP) is 4.49. The Balaban J connectivity index is 0.00000288. The van der Waals surface area contributed by atoms with E-state index in [-0.39, 0.29) is 30.7 Å². The number of hydrogen-bond acceptors (Lipinski definition) is 4. The number of rotatable bonds is 5. The van der Waals surface area contributed by atoms with E-state index in [2.05, 4.69) is 10.3 Å². The van der Waals surface area contributed by atoms with Crippen molar-refractivity contribution in [2.75, 3.05) is 6.54 Å². The molecule has 5 nitrogen and oxygen atoms in total. The first-order valence-electron chi connectivity index (χ1n) is 6.91. The van der Waals surface area contributed by atoms with Gasteiger partial charge in [-0.25, -0.2) is 4.98 Å². The summed E-state index contributed by atoms with van der Waals surface area (Å²) in [5, 5.41) is 3.44. The van der Waals surface area contributed by atoms with Gasteiger partial charge in [-0.1, -0.05) is 29.3 Å². The van der Waals surface area contributed by atoms with Crippen LogP contribution in [0.1, 0.15) is 24.2 Å². The third-order valence-electron chi connectivity index (χ3n) is 2.83. The number of amides is 1. The summed E-state index contributed by atoms with van der Waals surface area (Å²) in [6.45, 7) is 4.02. The summed E-state index contributed by atoms with van der Waals surface area (Å²) in [7, 11) is 0. The van der Waals surface area contributed by atoms with Crippen molar-refractivity contribution in [3.05, 3.63) is 52.1 Å². The summed E-state index contributed by atoms with van der Waals surface area (Å²) in [5.41, 5.74) is 5.76. The number of aromatic nitrogens is 1. The normalized spacial score (nSPS) is 10.3. The summed E-state index contributed by atoms with van der Waals surface area (Å²) in [6, 6.07) is 8.26. The fraction of sp³-hybridized carbons (Fsp3) is 0.250. The zero-order valence-corrected chi connectivity index (χ0v) is 16.7. The van der Waals surface area contributed by atoms with Gasteiger partial charge in [0.15, 0.2) is 0 Å². The molecule has 1 amide bonds. The second-order valence-corrected chi connectivity index (χ2v) is 6.50. The van der Waals surface area contributed by atoms with Crippen LogP contribution in [-0.2, 0) is 0 Å². The van der Waals surface area contributed by atoms with Gasteiger partial charge in [0.1, 0.15) is 10.8 Å². The first-order chi connectivity index (χ1) is 10.8. The van der Waals surface area contributed by atoms with Crippen molar-refractivity contribution in [3.63, 3.8) is 0 Å². The fourth-order valence-corrected chi connectivity index (χ4v) is 1.99. The Morgan fingerprint density at radius 1 is 1.24 bits per heavy atom. The van der Waals surface area contributed by atoms with Gasteiger partial charge in [0.05, 0.1) is 10.6 Å². The van der Waals surface area contributed by atoms with E-state index >= 15 is 0 Å². The molecule has 1 heterocycles. The first kappa shape index (κ1) is 23.8. The molecule has 3 N–H and O–H groups in total. The van der Waals surface area contributed by atoms with E-state index in [1.54, 1.807) is 30.3 Å². The Kier molecular flexibility index (Phi) is 9.54. The van der Waals surface area contributed by atoms with Crippen LogP contribution in [0.4, 0.5) is 0 Å². The van der Waals surface area contributed by atoms with Gasteiger partial charge in [0.2, 0.25) is 5.88 Å². The molecule has 0 spiro atoms. The lowest BCUT2D eigenvalue weighted by atomic mass is 10.1. The molecular formula is C16H19Cl4N3O2. The van der Waals surface area contributed by atoms with E-state index in [1.165, 1.54) is 6.20 Å². The van der Waals surface area contributed by atoms with Crippen molar-refractivity contribution >= 4 is 53.9 Å². The lowest BCUT2D eigenvalue weighted by Crippen LogP contribution is -2.45. The van der Waals surface area contributed by atoms with Gasteiger partial charge in [-0.2, -0.15) is 0 Å². The van der Waals surface area contributed by atoms with Crippen molar-refractivity contribution in [3.8, 4) is 11.6 Å². The topological polar surface area (TPSA) is 77.2 Å². The number of pyridine rings is 1. The number of halogens is 4. The van der Waals surface area contributed by atoms with Gasteiger partial charge < -0.3 is 15.8 Å². The molecule has 0 saturated heterocycles. The number of carbonyl (C=O) groups is 1. The van der Waals surface area contributed by atoms with Gasteiger partial charge in [0, 0.05) is 24.3 Å². The van der Waals surface area contributed by atoms with Crippen LogP contribution in [-0.4, -0.2) is 23.0 Å². The average molecular weight is 427 g/mol. The van der Waals surface area contributed by atoms with Gasteiger partial charge in [-0.05, 0) is 32.0 Å². The molecule has 1 aromatic carbocycles. The largest absolute Gasteiger partial charge is 0.437 e. The smallest absolute Gasteiger partial charge is 0.252 e. The zero-order valence-electron chi connectivity index (χ0n) is 13.6. The molecule has 0 radical (unpaired) electrons. The highest BCUT2D eigenvalue weighted by molar-refractivity contribution is 6.42. The van der Waals surface area contributed by atoms with Gasteiger partial charge >= 0.3 is 0 Å². The highest BCUT2D eigenvalue weighted by atomic mass is 35.5. The Morgan fingerprint density at radius 3 is 2.48 bits per heavy atom. The maximum Gasteiger partial charge on any atom is 0.252 e. The van der Waals surface area contributed by atoms with Gasteiger partial charge in [-0.15, -0.1) is 24.8 Å². The van der Waals surface area contributed by atoms with Crippen LogP contribution in [0, 0.1) is 0 Å². The van der Waals surface area contributed by atoms with Gasteiger partial charge in [-0.3, -0.25) is 4.79 Å². The molecule has 138 valence electrons. The molecule has 0 atom stereocenters. The maximum atomic E-state index is 12.0. The Labute approximate surface area is 169 Å². The number of nitrogens with two attached hydrogens (primary N) is 1. The monoisotopic (exact) mass is 425 g/mol. The van der Waals surface area contributed by atoms with Crippen LogP contribution in [0.25, 0.3) is 0 Å². The standard InChI is InChI=1S/C16H17Cl2N3O2.2ClH/c1-16(2,19)9-21-15(22)10-6-7-13(20-8-10)23-12-5-3-4-11(17)14(12)18;;/h3-8H,9,19H2,1-2H3,(H,21,22);2*1H. The van der Waals surface area contributed by atoms with Crippen molar-refractivity contribution < 1.29 is 9.53 Å². The van der Waals surface area contributed by atoms with E-state index in [0.29, 0.717) is 33.8 Å². The SMILES string of the molecule is CC(C)(N)CNC(=O)c1ccc(Oc2cccc(Cl)c2Cl)nc1.Cl.Cl. The molecule has 0 aliphatic carbocycles. The fourth-order valence-electron chi connectivity index (χ4n) is 1.66. The Hall–Kier alpha value is -1.24. The van der Waals surface area contributed by atoms with Crippen LogP contribution in [0.15, 0.2) is 36.5 Å². The molecule has 1 aromatic heterocycles. The number of ether oxygens (including phenoxy) is 1. The molecule has 0 unspecified atom stereocenters. The van der Waals surface area contributed by atoms with E-state index < -0.39 is 5.54 Å². The minimum Gasteiger partial charge on any atom is -0.437 e. The summed E-state index contributed by atoms with van der Waals surface area (Å²) in [5.74, 6) is 0.460. The Morgan fingerprint density at radius 2 is 1.92 bits per heavy atom. The van der Waals surface area contributed by atoms with Crippen LogP contribution < -0.4 is 15.8 Å². The molecule has 0 aliphatic heterocycles. The van der Waals surface area contributed by atoms with E-state index in [9.17, 15) is 4.79 Å². The minimum absolute atomic E-state index is 0. The van der Waals surface area contributed by atoms with Crippen molar-refractivity contribution in [2.24, 2.45) is 5.73 Å². The lowest BCUT2D eigenvalue weighted by Gasteiger charge is -2.18. The van der Waals surface area contributed by atoms with Crippen LogP contribution in [0.2, 0.25) is 10.0 Å². The van der Waals surface area contributed by atoms with Crippen molar-refractivity contribution in [1.82, 2.24) is 10.3 Å². The third-order valence-corrected chi connectivity index (χ3v) is 3.64. The summed E-state index contributed by atoms with van der Waals surface area (Å²) in [6.07, 6.45) is 1.42. The van der Waals surface area contributed by atoms with Crippen LogP contribution in [0.5, 0.6) is 11.6 Å². The molecule has 2 aromatic rings. The molecule has 0 fully saturated rings. The molecule has 0 aliphatic rings. The molecule has 9 heteroatoms.